The summed E-state index contributed by atoms with van der Waals surface area (Å²) in [6.07, 6.45) is 5.44. The van der Waals surface area contributed by atoms with Crippen LogP contribution in [0.25, 0.3) is 5.69 Å². The number of benzene rings is 1. The Labute approximate surface area is 157 Å². The lowest BCUT2D eigenvalue weighted by atomic mass is 9.65. The van der Waals surface area contributed by atoms with Gasteiger partial charge in [-0.3, -0.25) is 4.79 Å². The highest BCUT2D eigenvalue weighted by Crippen LogP contribution is 2.53. The zero-order valence-electron chi connectivity index (χ0n) is 15.0. The maximum atomic E-state index is 12.9. The average molecular weight is 402 g/mol. The molecule has 1 saturated heterocycles. The molecule has 2 atom stereocenters. The molecule has 2 heterocycles. The number of hydrogen-bond acceptors (Lipinski definition) is 3. The summed E-state index contributed by atoms with van der Waals surface area (Å²) >= 11 is 3.57. The normalized spacial score (nSPS) is 27.5. The monoisotopic (exact) mass is 401 g/mol. The van der Waals surface area contributed by atoms with Crippen LogP contribution in [0.15, 0.2) is 45.8 Å². The lowest BCUT2D eigenvalue weighted by molar-refractivity contribution is 0.136. The van der Waals surface area contributed by atoms with Crippen molar-refractivity contribution in [2.24, 2.45) is 10.8 Å². The highest BCUT2D eigenvalue weighted by Gasteiger charge is 2.50. The molecule has 2 aliphatic rings. The average Bonchev–Trinajstić information content (AvgIpc) is 2.79. The van der Waals surface area contributed by atoms with Crippen molar-refractivity contribution in [3.8, 4) is 5.69 Å². The van der Waals surface area contributed by atoms with Gasteiger partial charge in [0.2, 0.25) is 0 Å². The largest absolute Gasteiger partial charge is 0.366 e. The van der Waals surface area contributed by atoms with Crippen LogP contribution in [-0.4, -0.2) is 22.4 Å². The third-order valence-electron chi connectivity index (χ3n) is 5.63. The van der Waals surface area contributed by atoms with Crippen molar-refractivity contribution in [2.45, 2.75) is 46.1 Å². The van der Waals surface area contributed by atoms with Crippen LogP contribution < -0.4 is 10.5 Å². The third kappa shape index (κ3) is 2.92. The van der Waals surface area contributed by atoms with E-state index in [0.717, 1.165) is 24.3 Å². The lowest BCUT2D eigenvalue weighted by Gasteiger charge is -2.39. The fraction of sp³-hybridized carbons (Fsp3) is 0.500. The van der Waals surface area contributed by atoms with Crippen LogP contribution in [0.5, 0.6) is 0 Å². The fourth-order valence-electron chi connectivity index (χ4n) is 5.12. The van der Waals surface area contributed by atoms with Gasteiger partial charge >= 0.3 is 0 Å². The van der Waals surface area contributed by atoms with E-state index in [9.17, 15) is 4.79 Å². The summed E-state index contributed by atoms with van der Waals surface area (Å²) < 4.78 is 2.07. The van der Waals surface area contributed by atoms with E-state index in [1.54, 1.807) is 0 Å². The number of fused-ring (bicyclic) bond motifs is 2. The summed E-state index contributed by atoms with van der Waals surface area (Å²) in [6.45, 7) is 8.10. The number of para-hydroxylation sites is 1. The number of halogens is 1. The first kappa shape index (κ1) is 16.8. The van der Waals surface area contributed by atoms with Crippen LogP contribution in [0.4, 0.5) is 5.69 Å². The Bertz CT molecular complexity index is 861. The highest BCUT2D eigenvalue weighted by molar-refractivity contribution is 9.10. The van der Waals surface area contributed by atoms with E-state index < -0.39 is 0 Å². The molecule has 1 aliphatic carbocycles. The first-order chi connectivity index (χ1) is 11.8. The van der Waals surface area contributed by atoms with E-state index in [1.165, 1.54) is 17.5 Å². The van der Waals surface area contributed by atoms with Crippen LogP contribution in [0, 0.1) is 10.8 Å². The molecule has 2 bridgehead atoms. The van der Waals surface area contributed by atoms with Crippen molar-refractivity contribution in [2.75, 3.05) is 11.4 Å². The van der Waals surface area contributed by atoms with E-state index in [-0.39, 0.29) is 5.56 Å². The molecule has 2 unspecified atom stereocenters. The molecule has 4 rings (SSSR count). The molecule has 2 fully saturated rings. The molecule has 0 radical (unpaired) electrons. The van der Waals surface area contributed by atoms with Crippen molar-refractivity contribution >= 4 is 21.6 Å². The molecule has 2 aromatic rings. The first-order valence-electron chi connectivity index (χ1n) is 8.88. The second-order valence-electron chi connectivity index (χ2n) is 8.74. The third-order valence-corrected chi connectivity index (χ3v) is 6.37. The van der Waals surface area contributed by atoms with Gasteiger partial charge in [-0.1, -0.05) is 39.0 Å². The van der Waals surface area contributed by atoms with Gasteiger partial charge in [-0.05, 0) is 58.2 Å². The molecule has 0 N–H and O–H groups in total. The minimum absolute atomic E-state index is 0.102. The molecule has 1 saturated carbocycles. The summed E-state index contributed by atoms with van der Waals surface area (Å²) in [4.78, 5) is 15.3. The van der Waals surface area contributed by atoms with Crippen LogP contribution in [0.3, 0.4) is 0 Å². The second kappa shape index (κ2) is 5.70. The van der Waals surface area contributed by atoms with E-state index in [4.69, 9.17) is 0 Å². The van der Waals surface area contributed by atoms with Crippen LogP contribution >= 0.6 is 15.9 Å². The Kier molecular flexibility index (Phi) is 3.83. The zero-order chi connectivity index (χ0) is 17.8. The lowest BCUT2D eigenvalue weighted by Crippen LogP contribution is -2.35. The van der Waals surface area contributed by atoms with Crippen LogP contribution in [0.2, 0.25) is 0 Å². The predicted octanol–water partition coefficient (Wildman–Crippen LogP) is 4.40. The van der Waals surface area contributed by atoms with Gasteiger partial charge in [-0.2, -0.15) is 9.78 Å². The maximum absolute atomic E-state index is 12.9. The number of hydrogen-bond donors (Lipinski definition) is 0. The molecule has 0 amide bonds. The van der Waals surface area contributed by atoms with Gasteiger partial charge in [0, 0.05) is 12.6 Å². The Balaban J connectivity index is 1.73. The predicted molar refractivity (Wildman–Crippen MR) is 104 cm³/mol. The summed E-state index contributed by atoms with van der Waals surface area (Å²) in [5.41, 5.74) is 2.29. The van der Waals surface area contributed by atoms with Crippen molar-refractivity contribution < 1.29 is 0 Å². The van der Waals surface area contributed by atoms with Crippen molar-refractivity contribution in [3.63, 3.8) is 0 Å². The van der Waals surface area contributed by atoms with E-state index in [2.05, 4.69) is 46.7 Å². The van der Waals surface area contributed by atoms with Crippen LogP contribution in [-0.2, 0) is 0 Å². The number of rotatable bonds is 2. The number of anilines is 1. The quantitative estimate of drug-likeness (QED) is 0.748. The smallest absolute Gasteiger partial charge is 0.287 e. The zero-order valence-corrected chi connectivity index (χ0v) is 16.6. The Morgan fingerprint density at radius 1 is 1.16 bits per heavy atom. The molecule has 4 nitrogen and oxygen atoms in total. The van der Waals surface area contributed by atoms with Gasteiger partial charge < -0.3 is 4.90 Å². The number of aromatic nitrogens is 2. The minimum atomic E-state index is -0.102. The summed E-state index contributed by atoms with van der Waals surface area (Å²) in [7, 11) is 0. The molecule has 1 aromatic carbocycles. The summed E-state index contributed by atoms with van der Waals surface area (Å²) in [5, 5.41) is 4.46. The maximum Gasteiger partial charge on any atom is 0.287 e. The summed E-state index contributed by atoms with van der Waals surface area (Å²) in [6, 6.07) is 10.0. The fourth-order valence-corrected chi connectivity index (χ4v) is 5.62. The van der Waals surface area contributed by atoms with Gasteiger partial charge in [0.05, 0.1) is 17.6 Å². The van der Waals surface area contributed by atoms with Crippen molar-refractivity contribution in [1.82, 2.24) is 9.78 Å². The number of nitrogens with zero attached hydrogens (tertiary/aromatic N) is 3. The Hall–Kier alpha value is -1.62. The van der Waals surface area contributed by atoms with E-state index in [1.807, 2.05) is 36.5 Å². The second-order valence-corrected chi connectivity index (χ2v) is 9.53. The van der Waals surface area contributed by atoms with Crippen molar-refractivity contribution in [3.05, 3.63) is 51.4 Å². The Morgan fingerprint density at radius 3 is 2.60 bits per heavy atom. The molecule has 25 heavy (non-hydrogen) atoms. The molecule has 1 aliphatic heterocycles. The van der Waals surface area contributed by atoms with Gasteiger partial charge in [0.15, 0.2) is 0 Å². The highest BCUT2D eigenvalue weighted by atomic mass is 79.9. The molecular formula is C20H24BrN3O. The molecule has 1 aromatic heterocycles. The van der Waals surface area contributed by atoms with Gasteiger partial charge in [0.1, 0.15) is 4.47 Å². The summed E-state index contributed by atoms with van der Waals surface area (Å²) in [5.74, 6) is 0. The van der Waals surface area contributed by atoms with Gasteiger partial charge in [-0.25, -0.2) is 0 Å². The SMILES string of the molecule is CC1(C)CC2CC(C)(CN2c2cnn(-c3ccccc3)c(=O)c2Br)C1. The molecule has 132 valence electrons. The van der Waals surface area contributed by atoms with E-state index in [0.29, 0.717) is 21.3 Å². The first-order valence-corrected chi connectivity index (χ1v) is 9.67. The minimum Gasteiger partial charge on any atom is -0.366 e. The van der Waals surface area contributed by atoms with Gasteiger partial charge in [0.25, 0.3) is 5.56 Å². The standard InChI is InChI=1S/C20H24BrN3O/c1-19(2)9-15-10-20(3,12-19)13-23(15)16-11-22-24(18(25)17(16)21)14-7-5-4-6-8-14/h4-8,11,15H,9-10,12-13H2,1-3H3. The Morgan fingerprint density at radius 2 is 1.88 bits per heavy atom. The molecule has 5 heteroatoms. The van der Waals surface area contributed by atoms with Crippen LogP contribution in [0.1, 0.15) is 40.0 Å². The van der Waals surface area contributed by atoms with Crippen molar-refractivity contribution in [1.29, 1.82) is 0 Å². The molecule has 0 spiro atoms. The topological polar surface area (TPSA) is 38.1 Å². The van der Waals surface area contributed by atoms with Gasteiger partial charge in [-0.15, -0.1) is 0 Å². The molecular weight excluding hydrogens is 378 g/mol. The van der Waals surface area contributed by atoms with E-state index >= 15 is 0 Å².